The number of urea groups is 1. The lowest BCUT2D eigenvalue weighted by atomic mass is 9.88. The number of thiazole rings is 1. The van der Waals surface area contributed by atoms with E-state index in [2.05, 4.69) is 39.3 Å². The predicted octanol–water partition coefficient (Wildman–Crippen LogP) is 5.87. The SMILES string of the molecule is CN(CCC(c1ccccc1)c1ccccc1)C(=O)Nc1nc(-c2ccc(NS(C)(=O)=O)cc2)cs1. The highest BCUT2D eigenvalue weighted by atomic mass is 32.2. The Bertz CT molecular complexity index is 1350. The second kappa shape index (κ2) is 11.4. The van der Waals surface area contributed by atoms with Gasteiger partial charge < -0.3 is 4.90 Å². The first-order valence-electron chi connectivity index (χ1n) is 11.4. The third kappa shape index (κ3) is 6.93. The van der Waals surface area contributed by atoms with E-state index in [9.17, 15) is 13.2 Å². The maximum atomic E-state index is 12.8. The zero-order chi connectivity index (χ0) is 25.5. The summed E-state index contributed by atoms with van der Waals surface area (Å²) in [6.07, 6.45) is 1.89. The monoisotopic (exact) mass is 520 g/mol. The molecular weight excluding hydrogens is 492 g/mol. The van der Waals surface area contributed by atoms with Gasteiger partial charge in [0.15, 0.2) is 5.13 Å². The quantitative estimate of drug-likeness (QED) is 0.289. The van der Waals surface area contributed by atoms with Gasteiger partial charge in [-0.3, -0.25) is 10.0 Å². The summed E-state index contributed by atoms with van der Waals surface area (Å²) in [5.74, 6) is 0.189. The van der Waals surface area contributed by atoms with E-state index in [0.717, 1.165) is 18.2 Å². The Balaban J connectivity index is 1.37. The molecular formula is C27H28N4O3S2. The number of carbonyl (C=O) groups is 1. The molecule has 0 aliphatic rings. The molecule has 2 N–H and O–H groups in total. The number of rotatable bonds is 9. The van der Waals surface area contributed by atoms with Gasteiger partial charge in [0.25, 0.3) is 0 Å². The molecule has 0 saturated carbocycles. The molecule has 7 nitrogen and oxygen atoms in total. The van der Waals surface area contributed by atoms with Crippen LogP contribution >= 0.6 is 11.3 Å². The largest absolute Gasteiger partial charge is 0.328 e. The van der Waals surface area contributed by atoms with Crippen molar-refractivity contribution >= 4 is 38.2 Å². The summed E-state index contributed by atoms with van der Waals surface area (Å²) in [5.41, 5.74) is 4.46. The Morgan fingerprint density at radius 1 is 0.944 bits per heavy atom. The van der Waals surface area contributed by atoms with Crippen molar-refractivity contribution in [2.75, 3.05) is 29.9 Å². The van der Waals surface area contributed by atoms with Crippen molar-refractivity contribution in [2.24, 2.45) is 0 Å². The molecule has 0 bridgehead atoms. The minimum absolute atomic E-state index is 0.189. The number of nitrogens with one attached hydrogen (secondary N) is 2. The fraction of sp³-hybridized carbons (Fsp3) is 0.185. The lowest BCUT2D eigenvalue weighted by Crippen LogP contribution is -2.32. The van der Waals surface area contributed by atoms with Crippen LogP contribution in [0.5, 0.6) is 0 Å². The molecule has 0 unspecified atom stereocenters. The van der Waals surface area contributed by atoms with Crippen LogP contribution in [0.25, 0.3) is 11.3 Å². The van der Waals surface area contributed by atoms with Gasteiger partial charge in [0.1, 0.15) is 0 Å². The van der Waals surface area contributed by atoms with Gasteiger partial charge in [0.2, 0.25) is 10.0 Å². The molecule has 36 heavy (non-hydrogen) atoms. The Morgan fingerprint density at radius 2 is 1.53 bits per heavy atom. The Kier molecular flexibility index (Phi) is 8.02. The molecule has 0 spiro atoms. The lowest BCUT2D eigenvalue weighted by Gasteiger charge is -2.22. The topological polar surface area (TPSA) is 91.4 Å². The minimum atomic E-state index is -3.33. The summed E-state index contributed by atoms with van der Waals surface area (Å²) in [6.45, 7) is 0.577. The van der Waals surface area contributed by atoms with Crippen LogP contribution < -0.4 is 10.0 Å². The molecule has 0 aliphatic carbocycles. The zero-order valence-corrected chi connectivity index (χ0v) is 21.7. The first-order chi connectivity index (χ1) is 17.3. The molecule has 0 radical (unpaired) electrons. The van der Waals surface area contributed by atoms with Crippen molar-refractivity contribution in [3.8, 4) is 11.3 Å². The summed E-state index contributed by atoms with van der Waals surface area (Å²) in [4.78, 5) is 19.0. The van der Waals surface area contributed by atoms with E-state index in [1.54, 1.807) is 36.2 Å². The summed E-state index contributed by atoms with van der Waals surface area (Å²) < 4.78 is 25.2. The van der Waals surface area contributed by atoms with Gasteiger partial charge in [-0.1, -0.05) is 72.8 Å². The number of benzene rings is 3. The van der Waals surface area contributed by atoms with E-state index in [4.69, 9.17) is 0 Å². The van der Waals surface area contributed by atoms with Crippen molar-refractivity contribution in [2.45, 2.75) is 12.3 Å². The van der Waals surface area contributed by atoms with Crippen LogP contribution in [0.2, 0.25) is 0 Å². The molecule has 0 atom stereocenters. The third-order valence-electron chi connectivity index (χ3n) is 5.71. The molecule has 3 aromatic carbocycles. The minimum Gasteiger partial charge on any atom is -0.328 e. The van der Waals surface area contributed by atoms with E-state index in [1.807, 2.05) is 41.8 Å². The highest BCUT2D eigenvalue weighted by Crippen LogP contribution is 2.29. The first kappa shape index (κ1) is 25.4. The average molecular weight is 521 g/mol. The number of sulfonamides is 1. The Labute approximate surface area is 215 Å². The standard InChI is InChI=1S/C27H28N4O3S2/c1-31(18-17-24(20-9-5-3-6-10-20)21-11-7-4-8-12-21)27(32)29-26-28-25(19-35-26)22-13-15-23(16-14-22)30-36(2,33)34/h3-16,19,24,30H,17-18H2,1-2H3,(H,28,29,32). The highest BCUT2D eigenvalue weighted by Gasteiger charge is 2.17. The van der Waals surface area contributed by atoms with Crippen LogP contribution in [0.15, 0.2) is 90.3 Å². The summed E-state index contributed by atoms with van der Waals surface area (Å²) >= 11 is 1.34. The predicted molar refractivity (Wildman–Crippen MR) is 147 cm³/mol. The fourth-order valence-electron chi connectivity index (χ4n) is 3.89. The van der Waals surface area contributed by atoms with E-state index in [-0.39, 0.29) is 11.9 Å². The zero-order valence-electron chi connectivity index (χ0n) is 20.1. The van der Waals surface area contributed by atoms with Crippen LogP contribution in [0.3, 0.4) is 0 Å². The smallest absolute Gasteiger partial charge is 0.323 e. The van der Waals surface area contributed by atoms with E-state index in [0.29, 0.717) is 23.1 Å². The maximum Gasteiger partial charge on any atom is 0.323 e. The number of carbonyl (C=O) groups excluding carboxylic acids is 1. The van der Waals surface area contributed by atoms with Crippen molar-refractivity contribution in [1.29, 1.82) is 0 Å². The van der Waals surface area contributed by atoms with Gasteiger partial charge in [-0.2, -0.15) is 0 Å². The van der Waals surface area contributed by atoms with Gasteiger partial charge in [0, 0.05) is 36.1 Å². The van der Waals surface area contributed by atoms with Crippen LogP contribution in [0.1, 0.15) is 23.5 Å². The van der Waals surface area contributed by atoms with Crippen LogP contribution in [-0.2, 0) is 10.0 Å². The second-order valence-corrected chi connectivity index (χ2v) is 11.1. The molecule has 0 saturated heterocycles. The van der Waals surface area contributed by atoms with Crippen molar-refractivity contribution < 1.29 is 13.2 Å². The van der Waals surface area contributed by atoms with E-state index >= 15 is 0 Å². The maximum absolute atomic E-state index is 12.8. The second-order valence-electron chi connectivity index (χ2n) is 8.50. The Hall–Kier alpha value is -3.69. The Morgan fingerprint density at radius 3 is 2.08 bits per heavy atom. The molecule has 0 fully saturated rings. The van der Waals surface area contributed by atoms with E-state index < -0.39 is 10.0 Å². The number of anilines is 2. The van der Waals surface area contributed by atoms with Gasteiger partial charge in [-0.15, -0.1) is 11.3 Å². The molecule has 0 aliphatic heterocycles. The fourth-order valence-corrected chi connectivity index (χ4v) is 5.17. The lowest BCUT2D eigenvalue weighted by molar-refractivity contribution is 0.221. The van der Waals surface area contributed by atoms with Crippen LogP contribution in [0, 0.1) is 0 Å². The number of hydrogen-bond acceptors (Lipinski definition) is 5. The normalized spacial score (nSPS) is 11.3. The number of aromatic nitrogens is 1. The molecule has 9 heteroatoms. The van der Waals surface area contributed by atoms with Crippen LogP contribution in [-0.4, -0.2) is 44.2 Å². The molecule has 4 rings (SSSR count). The number of nitrogens with zero attached hydrogens (tertiary/aromatic N) is 2. The van der Waals surface area contributed by atoms with Gasteiger partial charge in [-0.05, 0) is 29.7 Å². The third-order valence-corrected chi connectivity index (χ3v) is 7.07. The molecule has 4 aromatic rings. The van der Waals surface area contributed by atoms with Crippen molar-refractivity contribution in [1.82, 2.24) is 9.88 Å². The molecule has 1 heterocycles. The number of amides is 2. The van der Waals surface area contributed by atoms with Gasteiger partial charge in [0.05, 0.1) is 11.9 Å². The average Bonchev–Trinajstić information content (AvgIpc) is 3.33. The molecule has 2 amide bonds. The molecule has 186 valence electrons. The first-order valence-corrected chi connectivity index (χ1v) is 14.2. The summed E-state index contributed by atoms with van der Waals surface area (Å²) in [6, 6.07) is 27.4. The van der Waals surface area contributed by atoms with Crippen molar-refractivity contribution in [3.05, 3.63) is 101 Å². The van der Waals surface area contributed by atoms with Crippen LogP contribution in [0.4, 0.5) is 15.6 Å². The summed E-state index contributed by atoms with van der Waals surface area (Å²) in [5, 5.41) is 5.24. The highest BCUT2D eigenvalue weighted by molar-refractivity contribution is 7.92. The number of hydrogen-bond donors (Lipinski definition) is 2. The van der Waals surface area contributed by atoms with Crippen molar-refractivity contribution in [3.63, 3.8) is 0 Å². The summed E-state index contributed by atoms with van der Waals surface area (Å²) in [7, 11) is -1.55. The van der Waals surface area contributed by atoms with Gasteiger partial charge >= 0.3 is 6.03 Å². The van der Waals surface area contributed by atoms with E-state index in [1.165, 1.54) is 22.5 Å². The van der Waals surface area contributed by atoms with Gasteiger partial charge in [-0.25, -0.2) is 18.2 Å². The molecule has 1 aromatic heterocycles.